The fourth-order valence-corrected chi connectivity index (χ4v) is 1.71. The van der Waals surface area contributed by atoms with E-state index in [0.717, 1.165) is 12.0 Å². The van der Waals surface area contributed by atoms with E-state index >= 15 is 0 Å². The fourth-order valence-electron chi connectivity index (χ4n) is 1.71. The number of hydrogen-bond acceptors (Lipinski definition) is 3. The Balaban J connectivity index is 2.61. The van der Waals surface area contributed by atoms with Gasteiger partial charge in [0.25, 0.3) is 5.91 Å². The summed E-state index contributed by atoms with van der Waals surface area (Å²) >= 11 is 0. The predicted octanol–water partition coefficient (Wildman–Crippen LogP) is 1.89. The van der Waals surface area contributed by atoms with E-state index in [2.05, 4.69) is 5.32 Å². The largest absolute Gasteiger partial charge is 0.496 e. The molecule has 1 amide bonds. The van der Waals surface area contributed by atoms with Crippen molar-refractivity contribution in [2.75, 3.05) is 13.7 Å². The van der Waals surface area contributed by atoms with E-state index in [9.17, 15) is 9.90 Å². The first kappa shape index (κ1) is 14.5. The second-order valence-electron chi connectivity index (χ2n) is 4.34. The lowest BCUT2D eigenvalue weighted by molar-refractivity contribution is 0.0910. The maximum Gasteiger partial charge on any atom is 0.251 e. The van der Waals surface area contributed by atoms with E-state index in [0.29, 0.717) is 17.7 Å². The number of amides is 1. The van der Waals surface area contributed by atoms with Crippen LogP contribution in [-0.2, 0) is 0 Å². The fraction of sp³-hybridized carbons (Fsp3) is 0.500. The first-order valence-corrected chi connectivity index (χ1v) is 6.19. The van der Waals surface area contributed by atoms with Gasteiger partial charge in [0, 0.05) is 12.1 Å². The monoisotopic (exact) mass is 251 g/mol. The van der Waals surface area contributed by atoms with Crippen molar-refractivity contribution in [3.05, 3.63) is 29.3 Å². The average molecular weight is 251 g/mol. The van der Waals surface area contributed by atoms with Crippen LogP contribution in [0.1, 0.15) is 35.7 Å². The summed E-state index contributed by atoms with van der Waals surface area (Å²) in [5, 5.41) is 12.3. The number of methoxy groups -OCH3 is 1. The molecule has 0 aliphatic carbocycles. The number of aliphatic hydroxyl groups is 1. The van der Waals surface area contributed by atoms with Gasteiger partial charge < -0.3 is 15.2 Å². The number of nitrogens with one attached hydrogen (secondary N) is 1. The van der Waals surface area contributed by atoms with Crippen LogP contribution in [-0.4, -0.2) is 30.8 Å². The van der Waals surface area contributed by atoms with Gasteiger partial charge in [-0.05, 0) is 31.0 Å². The standard InChI is InChI=1S/C14H21NO3/c1-4-5-12(16)9-15-14(17)11-7-6-10(2)13(8-11)18-3/h6-8,12,16H,4-5,9H2,1-3H3,(H,15,17). The molecule has 4 nitrogen and oxygen atoms in total. The Labute approximate surface area is 108 Å². The van der Waals surface area contributed by atoms with Crippen molar-refractivity contribution in [2.45, 2.75) is 32.8 Å². The van der Waals surface area contributed by atoms with E-state index in [1.165, 1.54) is 0 Å². The third-order valence-electron chi connectivity index (χ3n) is 2.79. The summed E-state index contributed by atoms with van der Waals surface area (Å²) < 4.78 is 5.17. The van der Waals surface area contributed by atoms with Crippen LogP contribution in [0.15, 0.2) is 18.2 Å². The molecule has 0 bridgehead atoms. The molecular formula is C14H21NO3. The molecule has 0 fully saturated rings. The SMILES string of the molecule is CCCC(O)CNC(=O)c1ccc(C)c(OC)c1. The highest BCUT2D eigenvalue weighted by Gasteiger charge is 2.10. The Morgan fingerprint density at radius 2 is 2.22 bits per heavy atom. The molecule has 4 heteroatoms. The third kappa shape index (κ3) is 4.04. The van der Waals surface area contributed by atoms with Gasteiger partial charge in [0.1, 0.15) is 5.75 Å². The molecule has 100 valence electrons. The van der Waals surface area contributed by atoms with Gasteiger partial charge in [0.2, 0.25) is 0 Å². The summed E-state index contributed by atoms with van der Waals surface area (Å²) in [5.74, 6) is 0.500. The van der Waals surface area contributed by atoms with Crippen molar-refractivity contribution < 1.29 is 14.6 Å². The van der Waals surface area contributed by atoms with Crippen LogP contribution >= 0.6 is 0 Å². The van der Waals surface area contributed by atoms with Gasteiger partial charge in [-0.2, -0.15) is 0 Å². The van der Waals surface area contributed by atoms with E-state index in [4.69, 9.17) is 4.74 Å². The second kappa shape index (κ2) is 7.01. The third-order valence-corrected chi connectivity index (χ3v) is 2.79. The molecular weight excluding hydrogens is 230 g/mol. The number of carbonyl (C=O) groups excluding carboxylic acids is 1. The lowest BCUT2D eigenvalue weighted by atomic mass is 10.1. The summed E-state index contributed by atoms with van der Waals surface area (Å²) in [7, 11) is 1.58. The molecule has 0 saturated carbocycles. The number of rotatable bonds is 6. The van der Waals surface area contributed by atoms with Crippen molar-refractivity contribution in [3.8, 4) is 5.75 Å². The lowest BCUT2D eigenvalue weighted by Gasteiger charge is -2.11. The Bertz CT molecular complexity index is 404. The van der Waals surface area contributed by atoms with E-state index in [1.807, 2.05) is 19.9 Å². The molecule has 2 N–H and O–H groups in total. The lowest BCUT2D eigenvalue weighted by Crippen LogP contribution is -2.32. The van der Waals surface area contributed by atoms with Gasteiger partial charge in [-0.1, -0.05) is 19.4 Å². The molecule has 0 radical (unpaired) electrons. The zero-order valence-electron chi connectivity index (χ0n) is 11.2. The second-order valence-corrected chi connectivity index (χ2v) is 4.34. The molecule has 1 aromatic carbocycles. The molecule has 18 heavy (non-hydrogen) atoms. The van der Waals surface area contributed by atoms with Gasteiger partial charge in [-0.25, -0.2) is 0 Å². The van der Waals surface area contributed by atoms with Gasteiger partial charge >= 0.3 is 0 Å². The average Bonchev–Trinajstić information content (AvgIpc) is 2.37. The Morgan fingerprint density at radius 1 is 1.50 bits per heavy atom. The van der Waals surface area contributed by atoms with E-state index < -0.39 is 6.10 Å². The maximum absolute atomic E-state index is 11.9. The van der Waals surface area contributed by atoms with Gasteiger partial charge in [0.15, 0.2) is 0 Å². The first-order chi connectivity index (χ1) is 8.58. The summed E-state index contributed by atoms with van der Waals surface area (Å²) in [4.78, 5) is 11.9. The first-order valence-electron chi connectivity index (χ1n) is 6.19. The number of aryl methyl sites for hydroxylation is 1. The van der Waals surface area contributed by atoms with Crippen molar-refractivity contribution in [1.82, 2.24) is 5.32 Å². The van der Waals surface area contributed by atoms with Crippen LogP contribution in [0.3, 0.4) is 0 Å². The van der Waals surface area contributed by atoms with E-state index in [1.54, 1.807) is 19.2 Å². The smallest absolute Gasteiger partial charge is 0.251 e. The summed E-state index contributed by atoms with van der Waals surface area (Å²) in [6.45, 7) is 4.20. The zero-order valence-corrected chi connectivity index (χ0v) is 11.2. The number of carbonyl (C=O) groups is 1. The minimum Gasteiger partial charge on any atom is -0.496 e. The molecule has 1 rings (SSSR count). The topological polar surface area (TPSA) is 58.6 Å². The molecule has 0 spiro atoms. The highest BCUT2D eigenvalue weighted by atomic mass is 16.5. The van der Waals surface area contributed by atoms with Gasteiger partial charge in [-0.3, -0.25) is 4.79 Å². The Kier molecular flexibility index (Phi) is 5.65. The zero-order chi connectivity index (χ0) is 13.5. The van der Waals surface area contributed by atoms with Crippen LogP contribution in [0.2, 0.25) is 0 Å². The van der Waals surface area contributed by atoms with Gasteiger partial charge in [0.05, 0.1) is 13.2 Å². The van der Waals surface area contributed by atoms with Crippen molar-refractivity contribution >= 4 is 5.91 Å². The van der Waals surface area contributed by atoms with Gasteiger partial charge in [-0.15, -0.1) is 0 Å². The predicted molar refractivity (Wildman–Crippen MR) is 71.0 cm³/mol. The summed E-state index contributed by atoms with van der Waals surface area (Å²) in [5.41, 5.74) is 1.53. The molecule has 0 aliphatic heterocycles. The van der Waals surface area contributed by atoms with E-state index in [-0.39, 0.29) is 12.5 Å². The molecule has 1 aromatic rings. The molecule has 0 heterocycles. The number of benzene rings is 1. The van der Waals surface area contributed by atoms with Crippen molar-refractivity contribution in [1.29, 1.82) is 0 Å². The number of aliphatic hydroxyl groups excluding tert-OH is 1. The number of ether oxygens (including phenoxy) is 1. The number of hydrogen-bond donors (Lipinski definition) is 2. The molecule has 1 unspecified atom stereocenters. The van der Waals surface area contributed by atoms with Crippen LogP contribution in [0.5, 0.6) is 5.75 Å². The van der Waals surface area contributed by atoms with Crippen LogP contribution in [0, 0.1) is 6.92 Å². The summed E-state index contributed by atoms with van der Waals surface area (Å²) in [6, 6.07) is 5.30. The van der Waals surface area contributed by atoms with Crippen LogP contribution in [0.4, 0.5) is 0 Å². The van der Waals surface area contributed by atoms with Crippen molar-refractivity contribution in [3.63, 3.8) is 0 Å². The maximum atomic E-state index is 11.9. The van der Waals surface area contributed by atoms with Crippen LogP contribution in [0.25, 0.3) is 0 Å². The highest BCUT2D eigenvalue weighted by Crippen LogP contribution is 2.18. The Morgan fingerprint density at radius 3 is 2.83 bits per heavy atom. The molecule has 0 aliphatic rings. The quantitative estimate of drug-likeness (QED) is 0.811. The molecule has 1 atom stereocenters. The highest BCUT2D eigenvalue weighted by molar-refractivity contribution is 5.94. The Hall–Kier alpha value is -1.55. The minimum atomic E-state index is -0.480. The summed E-state index contributed by atoms with van der Waals surface area (Å²) in [6.07, 6.45) is 1.11. The normalized spacial score (nSPS) is 12.0. The molecule has 0 saturated heterocycles. The minimum absolute atomic E-state index is 0.191. The van der Waals surface area contributed by atoms with Crippen molar-refractivity contribution in [2.24, 2.45) is 0 Å². The van der Waals surface area contributed by atoms with Crippen LogP contribution < -0.4 is 10.1 Å². The molecule has 0 aromatic heterocycles.